The molecule has 188 valence electrons. The van der Waals surface area contributed by atoms with E-state index < -0.39 is 6.09 Å². The zero-order valence-corrected chi connectivity index (χ0v) is 21.0. The zero-order valence-electron chi connectivity index (χ0n) is 21.0. The number of amides is 1. The van der Waals surface area contributed by atoms with Gasteiger partial charge in [0, 0.05) is 13.1 Å². The number of nitrogens with one attached hydrogen (secondary N) is 1. The van der Waals surface area contributed by atoms with E-state index in [0.29, 0.717) is 30.6 Å². The van der Waals surface area contributed by atoms with Crippen molar-refractivity contribution in [3.63, 3.8) is 0 Å². The summed E-state index contributed by atoms with van der Waals surface area (Å²) >= 11 is 0. The van der Waals surface area contributed by atoms with Crippen molar-refractivity contribution in [2.24, 2.45) is 11.3 Å². The monoisotopic (exact) mass is 470 g/mol. The Balaban J connectivity index is 1.59. The molecule has 6 heteroatoms. The van der Waals surface area contributed by atoms with Crippen LogP contribution in [0.1, 0.15) is 75.7 Å². The lowest BCUT2D eigenvalue weighted by Crippen LogP contribution is -2.41. The Bertz CT molecular complexity index is 816. The second-order valence-corrected chi connectivity index (χ2v) is 10.4. The maximum absolute atomic E-state index is 12.7. The summed E-state index contributed by atoms with van der Waals surface area (Å²) in [6.07, 6.45) is 11.5. The molecule has 6 nitrogen and oxygen atoms in total. The molecule has 0 aliphatic heterocycles. The van der Waals surface area contributed by atoms with Gasteiger partial charge in [-0.15, -0.1) is 0 Å². The third-order valence-electron chi connectivity index (χ3n) is 7.41. The number of nitrogens with zero attached hydrogens (tertiary/aromatic N) is 1. The first-order valence-corrected chi connectivity index (χ1v) is 12.9. The Labute approximate surface area is 205 Å². The van der Waals surface area contributed by atoms with E-state index in [0.717, 1.165) is 38.6 Å². The van der Waals surface area contributed by atoms with Crippen molar-refractivity contribution in [1.82, 2.24) is 10.2 Å². The average molecular weight is 471 g/mol. The largest absolute Gasteiger partial charge is 0.461 e. The van der Waals surface area contributed by atoms with E-state index in [9.17, 15) is 9.59 Å². The lowest BCUT2D eigenvalue weighted by molar-refractivity contribution is -0.145. The number of carbonyl (C=O) groups excluding carboxylic acids is 2. The van der Waals surface area contributed by atoms with Gasteiger partial charge >= 0.3 is 12.1 Å². The van der Waals surface area contributed by atoms with Gasteiger partial charge in [0.05, 0.1) is 6.42 Å². The third-order valence-corrected chi connectivity index (χ3v) is 7.41. The molecule has 2 atom stereocenters. The summed E-state index contributed by atoms with van der Waals surface area (Å²) in [4.78, 5) is 27.2. The van der Waals surface area contributed by atoms with E-state index in [1.807, 2.05) is 18.2 Å². The van der Waals surface area contributed by atoms with Crippen LogP contribution in [0.2, 0.25) is 0 Å². The van der Waals surface area contributed by atoms with Crippen LogP contribution in [-0.2, 0) is 9.53 Å². The maximum atomic E-state index is 12.7. The molecule has 2 unspecified atom stereocenters. The first-order valence-electron chi connectivity index (χ1n) is 12.9. The first kappa shape index (κ1) is 26.3. The summed E-state index contributed by atoms with van der Waals surface area (Å²) in [5.74, 6) is 1.46. The van der Waals surface area contributed by atoms with Crippen LogP contribution in [0.25, 0.3) is 0 Å². The Hall–Kier alpha value is -2.34. The van der Waals surface area contributed by atoms with Crippen LogP contribution in [0, 0.1) is 11.3 Å². The van der Waals surface area contributed by atoms with Crippen molar-refractivity contribution in [2.75, 3.05) is 33.8 Å². The lowest BCUT2D eigenvalue weighted by Gasteiger charge is -2.36. The minimum absolute atomic E-state index is 0.219. The minimum atomic E-state index is -0.463. The second kappa shape index (κ2) is 12.9. The van der Waals surface area contributed by atoms with Crippen LogP contribution in [0.15, 0.2) is 36.9 Å². The van der Waals surface area contributed by atoms with Crippen LogP contribution >= 0.6 is 0 Å². The quantitative estimate of drug-likeness (QED) is 0.352. The molecule has 1 aromatic carbocycles. The molecule has 0 saturated heterocycles. The molecule has 2 aliphatic carbocycles. The molecule has 0 heterocycles. The van der Waals surface area contributed by atoms with Crippen LogP contribution in [0.5, 0.6) is 5.75 Å². The average Bonchev–Trinajstić information content (AvgIpc) is 2.82. The van der Waals surface area contributed by atoms with E-state index >= 15 is 0 Å². The molecule has 2 saturated carbocycles. The van der Waals surface area contributed by atoms with E-state index in [4.69, 9.17) is 9.47 Å². The molecule has 0 aromatic heterocycles. The van der Waals surface area contributed by atoms with E-state index in [1.165, 1.54) is 31.2 Å². The third kappa shape index (κ3) is 7.86. The lowest BCUT2D eigenvalue weighted by atomic mass is 9.72. The van der Waals surface area contributed by atoms with Gasteiger partial charge < -0.3 is 19.7 Å². The van der Waals surface area contributed by atoms with Gasteiger partial charge in [-0.05, 0) is 74.7 Å². The van der Waals surface area contributed by atoms with Crippen LogP contribution < -0.4 is 10.1 Å². The van der Waals surface area contributed by atoms with Gasteiger partial charge in [0.2, 0.25) is 0 Å². The summed E-state index contributed by atoms with van der Waals surface area (Å²) in [6, 6.07) is 8.02. The van der Waals surface area contributed by atoms with Crippen molar-refractivity contribution < 1.29 is 19.1 Å². The van der Waals surface area contributed by atoms with Crippen LogP contribution in [0.3, 0.4) is 0 Å². The molecule has 0 radical (unpaired) electrons. The highest BCUT2D eigenvalue weighted by Crippen LogP contribution is 2.40. The Morgan fingerprint density at radius 1 is 1.15 bits per heavy atom. The zero-order chi connectivity index (χ0) is 24.4. The topological polar surface area (TPSA) is 67.9 Å². The maximum Gasteiger partial charge on any atom is 0.412 e. The number of carbonyl (C=O) groups is 2. The Morgan fingerprint density at radius 3 is 2.65 bits per heavy atom. The van der Waals surface area contributed by atoms with Crippen molar-refractivity contribution in [3.05, 3.63) is 42.5 Å². The number of esters is 1. The molecule has 34 heavy (non-hydrogen) atoms. The normalized spacial score (nSPS) is 22.1. The number of hydrogen-bond donors (Lipinski definition) is 1. The van der Waals surface area contributed by atoms with Gasteiger partial charge in [0.25, 0.3) is 0 Å². The summed E-state index contributed by atoms with van der Waals surface area (Å²) in [5.41, 5.74) is 0.990. The fourth-order valence-corrected chi connectivity index (χ4v) is 5.77. The molecule has 1 amide bonds. The van der Waals surface area contributed by atoms with E-state index in [1.54, 1.807) is 6.08 Å². The van der Waals surface area contributed by atoms with Gasteiger partial charge in [-0.2, -0.15) is 0 Å². The van der Waals surface area contributed by atoms with Gasteiger partial charge in [-0.25, -0.2) is 4.79 Å². The molecule has 1 N–H and O–H groups in total. The fourth-order valence-electron chi connectivity index (χ4n) is 5.77. The highest BCUT2D eigenvalue weighted by Gasteiger charge is 2.35. The fraction of sp³-hybridized carbons (Fsp3) is 0.643. The van der Waals surface area contributed by atoms with E-state index in [-0.39, 0.29) is 18.0 Å². The highest BCUT2D eigenvalue weighted by molar-refractivity contribution is 5.72. The molecule has 0 spiro atoms. The number of hydrogen-bond acceptors (Lipinski definition) is 5. The summed E-state index contributed by atoms with van der Waals surface area (Å²) in [7, 11) is 4.27. The standard InChI is InChI=1S/C28H42N2O4/c1-4-17-33-26(31)19-28(15-8-5-9-16-28)21-29-27(32)34-24-13-10-12-22(18-24)25-14-7-6-11-23(25)20-30(2)3/h4,10,12-13,18,23,25H,1,5-9,11,14-17,19-21H2,2-3H3,(H,29,32). The summed E-state index contributed by atoms with van der Waals surface area (Å²) < 4.78 is 10.9. The SMILES string of the molecule is C=CCOC(=O)CC1(CNC(=O)Oc2cccc(C3CCCCC3CN(C)C)c2)CCCCC1. The number of ether oxygens (including phenoxy) is 2. The van der Waals surface area contributed by atoms with Gasteiger partial charge in [-0.3, -0.25) is 4.79 Å². The Kier molecular flexibility index (Phi) is 10.00. The van der Waals surface area contributed by atoms with Crippen molar-refractivity contribution in [2.45, 2.75) is 70.1 Å². The molecule has 3 rings (SSSR count). The highest BCUT2D eigenvalue weighted by atomic mass is 16.6. The molecular formula is C28H42N2O4. The first-order chi connectivity index (χ1) is 16.4. The Morgan fingerprint density at radius 2 is 1.91 bits per heavy atom. The van der Waals surface area contributed by atoms with E-state index in [2.05, 4.69) is 37.0 Å². The summed E-state index contributed by atoms with van der Waals surface area (Å²) in [5, 5.41) is 2.94. The van der Waals surface area contributed by atoms with Crippen LogP contribution in [-0.4, -0.2) is 50.8 Å². The minimum Gasteiger partial charge on any atom is -0.461 e. The predicted octanol–water partition coefficient (Wildman–Crippen LogP) is 5.68. The van der Waals surface area contributed by atoms with Crippen molar-refractivity contribution in [3.8, 4) is 5.75 Å². The van der Waals surface area contributed by atoms with Crippen LogP contribution in [0.4, 0.5) is 4.79 Å². The summed E-state index contributed by atoms with van der Waals surface area (Å²) in [6.45, 7) is 5.31. The molecule has 1 aromatic rings. The molecule has 0 bridgehead atoms. The van der Waals surface area contributed by atoms with Crippen molar-refractivity contribution >= 4 is 12.1 Å². The molecule has 2 fully saturated rings. The number of benzene rings is 1. The molecule has 2 aliphatic rings. The van der Waals surface area contributed by atoms with Gasteiger partial charge in [-0.1, -0.05) is 56.9 Å². The van der Waals surface area contributed by atoms with Crippen molar-refractivity contribution in [1.29, 1.82) is 0 Å². The smallest absolute Gasteiger partial charge is 0.412 e. The number of rotatable bonds is 10. The predicted molar refractivity (Wildman–Crippen MR) is 135 cm³/mol. The molecular weight excluding hydrogens is 428 g/mol. The van der Waals surface area contributed by atoms with Gasteiger partial charge in [0.15, 0.2) is 0 Å². The van der Waals surface area contributed by atoms with Gasteiger partial charge in [0.1, 0.15) is 12.4 Å². The second-order valence-electron chi connectivity index (χ2n) is 10.4.